The van der Waals surface area contributed by atoms with Crippen molar-refractivity contribution in [1.29, 1.82) is 0 Å². The van der Waals surface area contributed by atoms with E-state index in [1.807, 2.05) is 0 Å². The van der Waals surface area contributed by atoms with Gasteiger partial charge in [-0.2, -0.15) is 0 Å². The Balaban J connectivity index is 1.34. The second-order valence-corrected chi connectivity index (χ2v) is 10.8. The van der Waals surface area contributed by atoms with Crippen LogP contribution in [0.4, 0.5) is 0 Å². The van der Waals surface area contributed by atoms with Crippen molar-refractivity contribution in [3.63, 3.8) is 0 Å². The van der Waals surface area contributed by atoms with Crippen LogP contribution in [-0.4, -0.2) is 41.1 Å². The molecular weight excluding hydrogens is 366 g/mol. The zero-order valence-corrected chi connectivity index (χ0v) is 18.0. The zero-order chi connectivity index (χ0) is 20.2. The first-order valence-corrected chi connectivity index (χ1v) is 11.8. The topological polar surface area (TPSA) is 71.3 Å². The van der Waals surface area contributed by atoms with E-state index in [4.69, 9.17) is 9.47 Å². The summed E-state index contributed by atoms with van der Waals surface area (Å²) in [6.07, 6.45) is 13.0. The normalized spacial score (nSPS) is 51.1. The van der Waals surface area contributed by atoms with Gasteiger partial charge in [0.25, 0.3) is 0 Å². The summed E-state index contributed by atoms with van der Waals surface area (Å²) >= 11 is 0. The van der Waals surface area contributed by atoms with Crippen molar-refractivity contribution >= 4 is 5.71 Å². The molecule has 5 nitrogen and oxygen atoms in total. The minimum atomic E-state index is -0.587. The Hall–Kier alpha value is -0.910. The third-order valence-electron chi connectivity index (χ3n) is 9.48. The van der Waals surface area contributed by atoms with Crippen molar-refractivity contribution in [3.8, 4) is 0 Å². The maximum Gasteiger partial charge on any atom is 0.157 e. The molecule has 3 saturated carbocycles. The van der Waals surface area contributed by atoms with E-state index in [9.17, 15) is 10.3 Å². The van der Waals surface area contributed by atoms with Gasteiger partial charge in [0.2, 0.25) is 0 Å². The van der Waals surface area contributed by atoms with Gasteiger partial charge in [0.15, 0.2) is 6.29 Å². The molecule has 29 heavy (non-hydrogen) atoms. The highest BCUT2D eigenvalue weighted by molar-refractivity contribution is 5.91. The molecule has 0 spiro atoms. The number of aliphatic hydroxyl groups is 1. The lowest BCUT2D eigenvalue weighted by atomic mass is 9.48. The number of fused-ring (bicyclic) bond motifs is 5. The van der Waals surface area contributed by atoms with Gasteiger partial charge in [0.1, 0.15) is 6.10 Å². The fourth-order valence-electron chi connectivity index (χ4n) is 7.66. The Morgan fingerprint density at radius 2 is 1.97 bits per heavy atom. The number of aliphatic hydroxyl groups excluding tert-OH is 1. The molecule has 4 aliphatic carbocycles. The average Bonchev–Trinajstić information content (AvgIpc) is 3.00. The summed E-state index contributed by atoms with van der Waals surface area (Å²) in [5, 5.41) is 23.6. The Morgan fingerprint density at radius 3 is 2.72 bits per heavy atom. The molecule has 1 saturated heterocycles. The van der Waals surface area contributed by atoms with Crippen molar-refractivity contribution < 1.29 is 19.8 Å². The summed E-state index contributed by atoms with van der Waals surface area (Å²) in [7, 11) is 0. The predicted octanol–water partition coefficient (Wildman–Crippen LogP) is 4.66. The summed E-state index contributed by atoms with van der Waals surface area (Å²) in [5.41, 5.74) is 2.32. The monoisotopic (exact) mass is 403 g/mol. The third-order valence-corrected chi connectivity index (χ3v) is 9.48. The summed E-state index contributed by atoms with van der Waals surface area (Å²) in [6, 6.07) is 0. The highest BCUT2D eigenvalue weighted by Gasteiger charge is 2.60. The maximum atomic E-state index is 10.8. The van der Waals surface area contributed by atoms with Crippen LogP contribution in [0.1, 0.15) is 78.1 Å². The van der Waals surface area contributed by atoms with Crippen LogP contribution in [0.25, 0.3) is 0 Å². The number of nitrogens with zero attached hydrogens (tertiary/aromatic N) is 1. The van der Waals surface area contributed by atoms with Gasteiger partial charge >= 0.3 is 0 Å². The van der Waals surface area contributed by atoms with E-state index < -0.39 is 6.10 Å². The molecule has 0 aromatic carbocycles. The van der Waals surface area contributed by atoms with Gasteiger partial charge in [0, 0.05) is 12.0 Å². The van der Waals surface area contributed by atoms with Gasteiger partial charge < -0.3 is 19.8 Å². The smallest absolute Gasteiger partial charge is 0.157 e. The van der Waals surface area contributed by atoms with Crippen LogP contribution in [-0.2, 0) is 9.47 Å². The van der Waals surface area contributed by atoms with E-state index in [0.29, 0.717) is 29.6 Å². The maximum absolute atomic E-state index is 10.8. The fraction of sp³-hybridized carbons (Fsp3) is 0.875. The number of ether oxygens (including phenoxy) is 2. The second kappa shape index (κ2) is 7.35. The van der Waals surface area contributed by atoms with Gasteiger partial charge in [-0.1, -0.05) is 30.7 Å². The molecular formula is C24H37NO4. The lowest BCUT2D eigenvalue weighted by molar-refractivity contribution is -0.195. The van der Waals surface area contributed by atoms with Crippen LogP contribution in [0, 0.1) is 28.6 Å². The Kier molecular flexibility index (Phi) is 5.07. The second-order valence-electron chi connectivity index (χ2n) is 10.8. The standard InChI is InChI=1S/C24H37NO4/c1-23-10-8-16(29-21-5-3-4-12-28-21)13-15(23)6-7-17-18(23)9-11-24(2)19(17)14-20(25-27)22(24)26/h6,16-19,21-22,26-27H,3-5,7-14H2,1-2H3. The fourth-order valence-corrected chi connectivity index (χ4v) is 7.66. The quantitative estimate of drug-likeness (QED) is 0.400. The van der Waals surface area contributed by atoms with Crippen LogP contribution in [0.2, 0.25) is 0 Å². The molecule has 4 fully saturated rings. The third kappa shape index (κ3) is 3.11. The first kappa shape index (κ1) is 20.0. The number of hydrogen-bond acceptors (Lipinski definition) is 5. The molecule has 5 aliphatic rings. The molecule has 8 atom stereocenters. The minimum Gasteiger partial charge on any atom is -0.411 e. The molecule has 0 aromatic heterocycles. The van der Waals surface area contributed by atoms with E-state index in [1.54, 1.807) is 5.57 Å². The SMILES string of the molecule is CC12CCC(OC3CCCCO3)CC1=CCC1C2CCC2(C)C(O)C(=NO)CC12. The van der Waals surface area contributed by atoms with Crippen molar-refractivity contribution in [2.24, 2.45) is 33.7 Å². The lowest BCUT2D eigenvalue weighted by Crippen LogP contribution is -2.51. The first-order chi connectivity index (χ1) is 14.0. The van der Waals surface area contributed by atoms with Crippen LogP contribution >= 0.6 is 0 Å². The number of allylic oxidation sites excluding steroid dienone is 1. The van der Waals surface area contributed by atoms with E-state index >= 15 is 0 Å². The van der Waals surface area contributed by atoms with Crippen LogP contribution in [0.3, 0.4) is 0 Å². The van der Waals surface area contributed by atoms with E-state index in [1.165, 1.54) is 19.3 Å². The summed E-state index contributed by atoms with van der Waals surface area (Å²) < 4.78 is 12.2. The van der Waals surface area contributed by atoms with Crippen molar-refractivity contribution in [3.05, 3.63) is 11.6 Å². The molecule has 1 aliphatic heterocycles. The van der Waals surface area contributed by atoms with Gasteiger partial charge in [0.05, 0.1) is 11.8 Å². The van der Waals surface area contributed by atoms with Gasteiger partial charge in [-0.15, -0.1) is 0 Å². The number of rotatable bonds is 2. The highest BCUT2D eigenvalue weighted by Crippen LogP contribution is 2.64. The Bertz CT molecular complexity index is 699. The Morgan fingerprint density at radius 1 is 1.10 bits per heavy atom. The molecule has 0 aromatic rings. The molecule has 5 rings (SSSR count). The lowest BCUT2D eigenvalue weighted by Gasteiger charge is -2.57. The predicted molar refractivity (Wildman–Crippen MR) is 111 cm³/mol. The summed E-state index contributed by atoms with van der Waals surface area (Å²) in [6.45, 7) is 5.54. The molecule has 162 valence electrons. The van der Waals surface area contributed by atoms with Crippen molar-refractivity contribution in [2.75, 3.05) is 6.61 Å². The number of oxime groups is 1. The number of hydrogen-bond donors (Lipinski definition) is 2. The van der Waals surface area contributed by atoms with E-state index in [-0.39, 0.29) is 17.1 Å². The van der Waals surface area contributed by atoms with Gasteiger partial charge in [-0.3, -0.25) is 0 Å². The molecule has 2 N–H and O–H groups in total. The molecule has 1 heterocycles. The highest BCUT2D eigenvalue weighted by atomic mass is 16.7. The van der Waals surface area contributed by atoms with Crippen LogP contribution in [0.5, 0.6) is 0 Å². The zero-order valence-electron chi connectivity index (χ0n) is 18.0. The molecule has 8 unspecified atom stereocenters. The Labute approximate surface area is 174 Å². The minimum absolute atomic E-state index is 0.00148. The first-order valence-electron chi connectivity index (χ1n) is 11.8. The van der Waals surface area contributed by atoms with Gasteiger partial charge in [-0.25, -0.2) is 0 Å². The van der Waals surface area contributed by atoms with Gasteiger partial charge in [-0.05, 0) is 87.4 Å². The van der Waals surface area contributed by atoms with E-state index in [2.05, 4.69) is 25.1 Å². The summed E-state index contributed by atoms with van der Waals surface area (Å²) in [5.74, 6) is 1.66. The van der Waals surface area contributed by atoms with Crippen LogP contribution in [0.15, 0.2) is 16.8 Å². The van der Waals surface area contributed by atoms with E-state index in [0.717, 1.165) is 51.6 Å². The summed E-state index contributed by atoms with van der Waals surface area (Å²) in [4.78, 5) is 0. The van der Waals surface area contributed by atoms with Crippen molar-refractivity contribution in [2.45, 2.75) is 96.6 Å². The molecule has 0 bridgehead atoms. The van der Waals surface area contributed by atoms with Crippen LogP contribution < -0.4 is 0 Å². The largest absolute Gasteiger partial charge is 0.411 e. The molecule has 0 radical (unpaired) electrons. The molecule has 5 heteroatoms. The molecule has 0 amide bonds. The average molecular weight is 404 g/mol. The van der Waals surface area contributed by atoms with Crippen molar-refractivity contribution in [1.82, 2.24) is 0 Å².